The van der Waals surface area contributed by atoms with Gasteiger partial charge in [0.2, 0.25) is 0 Å². The molecule has 2 bridgehead atoms. The molecular formula is C16H22O4. The average molecular weight is 278 g/mol. The van der Waals surface area contributed by atoms with Crippen LogP contribution >= 0.6 is 0 Å². The van der Waals surface area contributed by atoms with Crippen LogP contribution in [0.25, 0.3) is 0 Å². The van der Waals surface area contributed by atoms with Gasteiger partial charge < -0.3 is 9.47 Å². The minimum Gasteiger partial charge on any atom is -0.462 e. The minimum atomic E-state index is -0.270. The molecule has 0 spiro atoms. The van der Waals surface area contributed by atoms with Crippen LogP contribution in [0.15, 0.2) is 12.2 Å². The third-order valence-electron chi connectivity index (χ3n) is 5.03. The lowest BCUT2D eigenvalue weighted by atomic mass is 9.82. The highest BCUT2D eigenvalue weighted by molar-refractivity contribution is 5.87. The molecule has 3 aliphatic rings. The van der Waals surface area contributed by atoms with Crippen molar-refractivity contribution in [3.05, 3.63) is 12.2 Å². The zero-order valence-electron chi connectivity index (χ0n) is 12.0. The number of fused-ring (bicyclic) bond motifs is 2. The molecule has 0 amide bonds. The van der Waals surface area contributed by atoms with Crippen molar-refractivity contribution in [2.24, 2.45) is 17.8 Å². The Hall–Kier alpha value is -1.32. The molecule has 1 heterocycles. The zero-order chi connectivity index (χ0) is 14.3. The van der Waals surface area contributed by atoms with Crippen LogP contribution in [0.2, 0.25) is 0 Å². The molecule has 110 valence electrons. The summed E-state index contributed by atoms with van der Waals surface area (Å²) in [6.07, 6.45) is 5.81. The molecule has 0 aromatic heterocycles. The van der Waals surface area contributed by atoms with E-state index in [4.69, 9.17) is 9.47 Å². The number of carbonyl (C=O) groups excluding carboxylic acids is 2. The van der Waals surface area contributed by atoms with Gasteiger partial charge in [-0.2, -0.15) is 0 Å². The number of esters is 2. The monoisotopic (exact) mass is 278 g/mol. The van der Waals surface area contributed by atoms with Crippen molar-refractivity contribution in [3.63, 3.8) is 0 Å². The van der Waals surface area contributed by atoms with Gasteiger partial charge >= 0.3 is 11.9 Å². The number of rotatable bonds is 4. The van der Waals surface area contributed by atoms with E-state index >= 15 is 0 Å². The van der Waals surface area contributed by atoms with Crippen LogP contribution in [-0.2, 0) is 19.1 Å². The third-order valence-corrected chi connectivity index (χ3v) is 5.03. The molecule has 3 rings (SSSR count). The molecular weight excluding hydrogens is 256 g/mol. The van der Waals surface area contributed by atoms with E-state index in [-0.39, 0.29) is 24.1 Å². The molecule has 5 unspecified atom stereocenters. The van der Waals surface area contributed by atoms with Crippen molar-refractivity contribution >= 4 is 11.9 Å². The molecule has 0 N–H and O–H groups in total. The zero-order valence-corrected chi connectivity index (χ0v) is 12.0. The summed E-state index contributed by atoms with van der Waals surface area (Å²) < 4.78 is 10.9. The molecule has 2 aliphatic carbocycles. The smallest absolute Gasteiger partial charge is 0.333 e. The van der Waals surface area contributed by atoms with Gasteiger partial charge in [-0.1, -0.05) is 6.58 Å². The summed E-state index contributed by atoms with van der Waals surface area (Å²) in [7, 11) is 0. The lowest BCUT2D eigenvalue weighted by Crippen LogP contribution is -2.31. The predicted octanol–water partition coefficient (Wildman–Crippen LogP) is 2.62. The Bertz CT molecular complexity index is 442. The molecule has 4 nitrogen and oxygen atoms in total. The maximum atomic E-state index is 11.7. The maximum absolute atomic E-state index is 11.7. The van der Waals surface area contributed by atoms with E-state index in [9.17, 15) is 9.59 Å². The van der Waals surface area contributed by atoms with Crippen molar-refractivity contribution in [2.45, 2.75) is 57.7 Å². The second-order valence-electron chi connectivity index (χ2n) is 6.61. The molecule has 1 saturated heterocycles. The fourth-order valence-corrected chi connectivity index (χ4v) is 4.16. The lowest BCUT2D eigenvalue weighted by Gasteiger charge is -2.30. The highest BCUT2D eigenvalue weighted by Gasteiger charge is 2.48. The van der Waals surface area contributed by atoms with Gasteiger partial charge in [-0.05, 0) is 56.8 Å². The van der Waals surface area contributed by atoms with Gasteiger partial charge in [-0.3, -0.25) is 4.79 Å². The van der Waals surface area contributed by atoms with E-state index < -0.39 is 0 Å². The second-order valence-corrected chi connectivity index (χ2v) is 6.61. The van der Waals surface area contributed by atoms with Gasteiger partial charge in [0.15, 0.2) is 0 Å². The third kappa shape index (κ3) is 2.60. The molecule has 0 radical (unpaired) electrons. The number of hydrogen-bond donors (Lipinski definition) is 0. The Balaban J connectivity index is 1.57. The van der Waals surface area contributed by atoms with Gasteiger partial charge in [0.05, 0.1) is 0 Å². The summed E-state index contributed by atoms with van der Waals surface area (Å²) in [6, 6.07) is 0. The largest absolute Gasteiger partial charge is 0.462 e. The average Bonchev–Trinajstić information content (AvgIpc) is 3.05. The molecule has 1 aliphatic heterocycles. The van der Waals surface area contributed by atoms with E-state index in [1.807, 2.05) is 0 Å². The van der Waals surface area contributed by atoms with Crippen LogP contribution in [-0.4, -0.2) is 24.1 Å². The standard InChI is InChI=1S/C16H22O4/c1-9(2)16(18)20-14-7-10-5-11(13(14)6-10)8-12-3-4-15(17)19-12/h10-14H,1,3-8H2,2H3. The summed E-state index contributed by atoms with van der Waals surface area (Å²) in [4.78, 5) is 22.8. The van der Waals surface area contributed by atoms with Gasteiger partial charge in [0.25, 0.3) is 0 Å². The van der Waals surface area contributed by atoms with Crippen LogP contribution in [0.3, 0.4) is 0 Å². The molecule has 4 heteroatoms. The summed E-state index contributed by atoms with van der Waals surface area (Å²) in [6.45, 7) is 5.32. The Morgan fingerprint density at radius 1 is 1.40 bits per heavy atom. The first-order valence-corrected chi connectivity index (χ1v) is 7.59. The summed E-state index contributed by atoms with van der Waals surface area (Å²) in [5, 5.41) is 0. The van der Waals surface area contributed by atoms with E-state index in [1.165, 1.54) is 6.42 Å². The van der Waals surface area contributed by atoms with E-state index in [2.05, 4.69) is 6.58 Å². The number of hydrogen-bond acceptors (Lipinski definition) is 4. The molecule has 0 aromatic rings. The summed E-state index contributed by atoms with van der Waals surface area (Å²) >= 11 is 0. The Morgan fingerprint density at radius 3 is 2.80 bits per heavy atom. The van der Waals surface area contributed by atoms with Gasteiger partial charge in [0, 0.05) is 12.0 Å². The van der Waals surface area contributed by atoms with Gasteiger partial charge in [-0.25, -0.2) is 4.79 Å². The van der Waals surface area contributed by atoms with Crippen molar-refractivity contribution in [3.8, 4) is 0 Å². The Morgan fingerprint density at radius 2 is 2.20 bits per heavy atom. The lowest BCUT2D eigenvalue weighted by molar-refractivity contribution is -0.148. The topological polar surface area (TPSA) is 52.6 Å². The summed E-state index contributed by atoms with van der Waals surface area (Å²) in [5.74, 6) is 1.32. The first-order valence-electron chi connectivity index (χ1n) is 7.59. The van der Waals surface area contributed by atoms with Crippen LogP contribution in [0, 0.1) is 17.8 Å². The first kappa shape index (κ1) is 13.7. The van der Waals surface area contributed by atoms with Crippen molar-refractivity contribution < 1.29 is 19.1 Å². The van der Waals surface area contributed by atoms with Crippen molar-refractivity contribution in [2.75, 3.05) is 0 Å². The summed E-state index contributed by atoms with van der Waals surface area (Å²) in [5.41, 5.74) is 0.467. The Labute approximate surface area is 119 Å². The highest BCUT2D eigenvalue weighted by atomic mass is 16.6. The van der Waals surface area contributed by atoms with Crippen molar-refractivity contribution in [1.82, 2.24) is 0 Å². The van der Waals surface area contributed by atoms with E-state index in [0.29, 0.717) is 29.7 Å². The van der Waals surface area contributed by atoms with Crippen molar-refractivity contribution in [1.29, 1.82) is 0 Å². The molecule has 2 saturated carbocycles. The first-order chi connectivity index (χ1) is 9.52. The molecule has 3 fully saturated rings. The van der Waals surface area contributed by atoms with Gasteiger partial charge in [-0.15, -0.1) is 0 Å². The van der Waals surface area contributed by atoms with Crippen LogP contribution in [0.4, 0.5) is 0 Å². The van der Waals surface area contributed by atoms with Gasteiger partial charge in [0.1, 0.15) is 12.2 Å². The molecule has 5 atom stereocenters. The van der Waals surface area contributed by atoms with Crippen LogP contribution in [0.5, 0.6) is 0 Å². The normalized spacial score (nSPS) is 38.9. The fourth-order valence-electron chi connectivity index (χ4n) is 4.16. The van der Waals surface area contributed by atoms with E-state index in [0.717, 1.165) is 25.7 Å². The Kier molecular flexibility index (Phi) is 3.57. The fraction of sp³-hybridized carbons (Fsp3) is 0.750. The quantitative estimate of drug-likeness (QED) is 0.586. The number of ether oxygens (including phenoxy) is 2. The minimum absolute atomic E-state index is 0.0417. The SMILES string of the molecule is C=C(C)C(=O)OC1CC2CC(CC3CCC(=O)O3)C1C2. The van der Waals surface area contributed by atoms with Crippen LogP contribution in [0.1, 0.15) is 45.4 Å². The maximum Gasteiger partial charge on any atom is 0.333 e. The van der Waals surface area contributed by atoms with Crippen LogP contribution < -0.4 is 0 Å². The number of cyclic esters (lactones) is 1. The molecule has 0 aromatic carbocycles. The van der Waals surface area contributed by atoms with E-state index in [1.54, 1.807) is 6.92 Å². The molecule has 20 heavy (non-hydrogen) atoms. The second kappa shape index (κ2) is 5.23. The predicted molar refractivity (Wildman–Crippen MR) is 72.7 cm³/mol. The highest BCUT2D eigenvalue weighted by Crippen LogP contribution is 2.51. The number of carbonyl (C=O) groups is 2.